The summed E-state index contributed by atoms with van der Waals surface area (Å²) in [6, 6.07) is 40.0. The molecule has 0 bridgehead atoms. The molecule has 0 aliphatic heterocycles. The molecule has 0 saturated heterocycles. The van der Waals surface area contributed by atoms with E-state index in [2.05, 4.69) is 122 Å². The predicted molar refractivity (Wildman–Crippen MR) is 147 cm³/mol. The van der Waals surface area contributed by atoms with E-state index >= 15 is 0 Å². The summed E-state index contributed by atoms with van der Waals surface area (Å²) in [4.78, 5) is 0. The maximum atomic E-state index is 2.99. The van der Waals surface area contributed by atoms with E-state index in [1.54, 1.807) is 0 Å². The van der Waals surface area contributed by atoms with Gasteiger partial charge in [-0.3, -0.25) is 6.08 Å². The standard InChI is InChI=1S/C13H9.C13H11.C5H5.2CH3.Zr/c1-3-7-12-10(5-1)9-11-6-2-4-8-13(11)12;1-3-7-12(8-4-1)11-13-9-5-2-6-10-13;1-2-4-5-3-1;;;/h1-9H;1-11H;1-3H,4H2;2*1H3;/q5*-1;. The number of benzene rings is 4. The largest absolute Gasteiger partial charge is 0.358 e. The minimum absolute atomic E-state index is 0. The van der Waals surface area contributed by atoms with Crippen LogP contribution in [0.25, 0.3) is 21.5 Å². The second-order valence-electron chi connectivity index (χ2n) is 7.29. The molecule has 0 saturated carbocycles. The molecule has 0 aromatic heterocycles. The third kappa shape index (κ3) is 8.40. The van der Waals surface area contributed by atoms with Crippen LogP contribution in [0.5, 0.6) is 0 Å². The number of hydrogen-bond acceptors (Lipinski definition) is 0. The van der Waals surface area contributed by atoms with Crippen LogP contribution in [-0.4, -0.2) is 0 Å². The number of allylic oxidation sites excluding steroid dienone is 4. The van der Waals surface area contributed by atoms with Crippen molar-refractivity contribution < 1.29 is 26.2 Å². The van der Waals surface area contributed by atoms with Crippen LogP contribution >= 0.6 is 0 Å². The Morgan fingerprint density at radius 3 is 1.41 bits per heavy atom. The molecule has 172 valence electrons. The zero-order valence-electron chi connectivity index (χ0n) is 20.0. The molecule has 0 nitrogen and oxygen atoms in total. The average Bonchev–Trinajstić information content (AvgIpc) is 3.53. The Morgan fingerprint density at radius 1 is 0.588 bits per heavy atom. The average molecular weight is 519 g/mol. The van der Waals surface area contributed by atoms with Gasteiger partial charge in [0, 0.05) is 26.2 Å². The van der Waals surface area contributed by atoms with E-state index in [0.29, 0.717) is 0 Å². The van der Waals surface area contributed by atoms with Crippen LogP contribution in [0.15, 0.2) is 133 Å². The molecule has 5 aromatic rings. The van der Waals surface area contributed by atoms with Crippen molar-refractivity contribution in [3.05, 3.63) is 172 Å². The maximum Gasteiger partial charge on any atom is 0 e. The summed E-state index contributed by atoms with van der Waals surface area (Å²) in [5, 5.41) is 5.39. The first kappa shape index (κ1) is 29.0. The summed E-state index contributed by atoms with van der Waals surface area (Å²) in [6.07, 6.45) is 12.2. The Labute approximate surface area is 225 Å². The second-order valence-corrected chi connectivity index (χ2v) is 7.29. The van der Waals surface area contributed by atoms with Crippen molar-refractivity contribution in [2.24, 2.45) is 0 Å². The molecular formula is C33H31Zr-5. The van der Waals surface area contributed by atoms with Gasteiger partial charge < -0.3 is 14.9 Å². The molecule has 0 unspecified atom stereocenters. The molecule has 5 aromatic carbocycles. The first-order valence-electron chi connectivity index (χ1n) is 10.6. The first-order chi connectivity index (χ1) is 15.4. The van der Waals surface area contributed by atoms with Gasteiger partial charge >= 0.3 is 0 Å². The molecule has 0 spiro atoms. The normalized spacial score (nSPS) is 10.5. The quantitative estimate of drug-likeness (QED) is 0.204. The molecule has 0 fully saturated rings. The van der Waals surface area contributed by atoms with Crippen molar-refractivity contribution in [2.45, 2.75) is 6.42 Å². The summed E-state index contributed by atoms with van der Waals surface area (Å²) in [5.74, 6) is 0. The summed E-state index contributed by atoms with van der Waals surface area (Å²) >= 11 is 0. The van der Waals surface area contributed by atoms with E-state index in [0.717, 1.165) is 6.42 Å². The Kier molecular flexibility index (Phi) is 13.4. The van der Waals surface area contributed by atoms with Crippen molar-refractivity contribution in [3.63, 3.8) is 0 Å². The molecule has 1 aliphatic carbocycles. The SMILES string of the molecule is [C-]1=CC=CC1.[CH3-].[CH3-].[Zr].c1ccc([CH-]c2ccccc2)cc1.c1ccc2c(c1)[cH-]c1ccccc12. The van der Waals surface area contributed by atoms with Crippen molar-refractivity contribution >= 4 is 21.5 Å². The minimum Gasteiger partial charge on any atom is -0.358 e. The van der Waals surface area contributed by atoms with Gasteiger partial charge in [0.05, 0.1) is 0 Å². The van der Waals surface area contributed by atoms with E-state index in [9.17, 15) is 0 Å². The Bertz CT molecular complexity index is 1160. The van der Waals surface area contributed by atoms with Crippen molar-refractivity contribution in [1.82, 2.24) is 0 Å². The molecule has 1 heteroatoms. The van der Waals surface area contributed by atoms with Gasteiger partial charge in [-0.2, -0.15) is 6.08 Å². The number of rotatable bonds is 2. The van der Waals surface area contributed by atoms with Crippen LogP contribution in [0.3, 0.4) is 0 Å². The topological polar surface area (TPSA) is 0 Å². The van der Waals surface area contributed by atoms with Crippen LogP contribution in [0.4, 0.5) is 0 Å². The van der Waals surface area contributed by atoms with Gasteiger partial charge in [-0.15, -0.1) is 88.0 Å². The van der Waals surface area contributed by atoms with Crippen LogP contribution in [0, 0.1) is 27.4 Å². The number of fused-ring (bicyclic) bond motifs is 3. The van der Waals surface area contributed by atoms with Gasteiger partial charge in [-0.05, 0) is 0 Å². The van der Waals surface area contributed by atoms with Gasteiger partial charge in [0.15, 0.2) is 0 Å². The van der Waals surface area contributed by atoms with Crippen LogP contribution in [0.2, 0.25) is 0 Å². The van der Waals surface area contributed by atoms with Gasteiger partial charge in [0.2, 0.25) is 0 Å². The van der Waals surface area contributed by atoms with Crippen LogP contribution in [-0.2, 0) is 26.2 Å². The summed E-state index contributed by atoms with van der Waals surface area (Å²) in [7, 11) is 0. The fourth-order valence-corrected chi connectivity index (χ4v) is 3.54. The second kappa shape index (κ2) is 15.8. The minimum atomic E-state index is 0. The molecule has 34 heavy (non-hydrogen) atoms. The van der Waals surface area contributed by atoms with Gasteiger partial charge in [0.25, 0.3) is 0 Å². The van der Waals surface area contributed by atoms with E-state index < -0.39 is 0 Å². The fourth-order valence-electron chi connectivity index (χ4n) is 3.54. The molecule has 0 radical (unpaired) electrons. The molecule has 0 amide bonds. The van der Waals surface area contributed by atoms with Gasteiger partial charge in [0.1, 0.15) is 0 Å². The summed E-state index contributed by atoms with van der Waals surface area (Å²) in [6.45, 7) is 0. The third-order valence-electron chi connectivity index (χ3n) is 5.04. The Hall–Kier alpha value is -3.02. The van der Waals surface area contributed by atoms with E-state index in [1.165, 1.54) is 32.7 Å². The maximum absolute atomic E-state index is 2.99. The Morgan fingerprint density at radius 2 is 1.03 bits per heavy atom. The van der Waals surface area contributed by atoms with Crippen molar-refractivity contribution in [2.75, 3.05) is 0 Å². The van der Waals surface area contributed by atoms with Gasteiger partial charge in [-0.1, -0.05) is 72.8 Å². The zero-order valence-corrected chi connectivity index (χ0v) is 22.4. The Balaban J connectivity index is 0.000000264. The summed E-state index contributed by atoms with van der Waals surface area (Å²) < 4.78 is 0. The van der Waals surface area contributed by atoms with Crippen LogP contribution in [0.1, 0.15) is 17.5 Å². The van der Waals surface area contributed by atoms with Crippen molar-refractivity contribution in [1.29, 1.82) is 0 Å². The van der Waals surface area contributed by atoms with Crippen LogP contribution < -0.4 is 0 Å². The van der Waals surface area contributed by atoms with E-state index in [4.69, 9.17) is 0 Å². The monoisotopic (exact) mass is 517 g/mol. The smallest absolute Gasteiger partial charge is 0 e. The molecular weight excluding hydrogens is 488 g/mol. The molecule has 1 aliphatic rings. The fraction of sp³-hybridized carbons (Fsp3) is 0.0303. The molecule has 0 N–H and O–H groups in total. The van der Waals surface area contributed by atoms with E-state index in [-0.39, 0.29) is 41.1 Å². The van der Waals surface area contributed by atoms with Crippen molar-refractivity contribution in [3.8, 4) is 0 Å². The summed E-state index contributed by atoms with van der Waals surface area (Å²) in [5.41, 5.74) is 2.49. The number of hydrogen-bond donors (Lipinski definition) is 0. The molecule has 6 rings (SSSR count). The van der Waals surface area contributed by atoms with E-state index in [1.807, 2.05) is 24.3 Å². The van der Waals surface area contributed by atoms with Gasteiger partial charge in [-0.25, -0.2) is 12.2 Å². The first-order valence-corrected chi connectivity index (χ1v) is 10.6. The predicted octanol–water partition coefficient (Wildman–Crippen LogP) is 9.20. The third-order valence-corrected chi connectivity index (χ3v) is 5.04. The molecule has 0 atom stereocenters. The molecule has 0 heterocycles. The zero-order chi connectivity index (χ0) is 21.1.